The molecule has 20 heavy (non-hydrogen) atoms. The van der Waals surface area contributed by atoms with E-state index in [1.54, 1.807) is 13.1 Å². The lowest BCUT2D eigenvalue weighted by Crippen LogP contribution is -2.53. The average molecular weight is 343 g/mol. The van der Waals surface area contributed by atoms with Gasteiger partial charge in [0.2, 0.25) is 0 Å². The third-order valence-corrected chi connectivity index (χ3v) is 3.05. The minimum atomic E-state index is -0.0323. The van der Waals surface area contributed by atoms with Gasteiger partial charge in [0.25, 0.3) is 0 Å². The Morgan fingerprint density at radius 2 is 1.55 bits per heavy atom. The van der Waals surface area contributed by atoms with Crippen LogP contribution in [0.5, 0.6) is 0 Å². The SMILES string of the molecule is Br.CC(=O)c1cnc(N(C(C)(C)C)C(C)(C)C)cc1C. The molecule has 0 saturated heterocycles. The lowest BCUT2D eigenvalue weighted by molar-refractivity contribution is 0.101. The van der Waals surface area contributed by atoms with E-state index in [9.17, 15) is 4.79 Å². The van der Waals surface area contributed by atoms with E-state index in [-0.39, 0.29) is 33.8 Å². The zero-order valence-corrected chi connectivity index (χ0v) is 15.6. The summed E-state index contributed by atoms with van der Waals surface area (Å²) in [6.07, 6.45) is 1.69. The van der Waals surface area contributed by atoms with E-state index in [1.165, 1.54) is 0 Å². The highest BCUT2D eigenvalue weighted by Crippen LogP contribution is 2.31. The van der Waals surface area contributed by atoms with Gasteiger partial charge in [-0.2, -0.15) is 0 Å². The molecule has 0 amide bonds. The number of anilines is 1. The quantitative estimate of drug-likeness (QED) is 0.737. The second kappa shape index (κ2) is 6.25. The molecule has 0 N–H and O–H groups in total. The van der Waals surface area contributed by atoms with E-state index in [0.717, 1.165) is 11.4 Å². The van der Waals surface area contributed by atoms with Crippen LogP contribution in [0.2, 0.25) is 0 Å². The number of carbonyl (C=O) groups is 1. The molecular formula is C16H27BrN2O. The molecule has 0 aromatic carbocycles. The maximum absolute atomic E-state index is 11.5. The fourth-order valence-electron chi connectivity index (χ4n) is 2.73. The van der Waals surface area contributed by atoms with Crippen molar-refractivity contribution in [2.75, 3.05) is 4.90 Å². The largest absolute Gasteiger partial charge is 0.347 e. The molecule has 0 atom stereocenters. The van der Waals surface area contributed by atoms with Gasteiger partial charge in [-0.15, -0.1) is 17.0 Å². The van der Waals surface area contributed by atoms with Crippen molar-refractivity contribution in [2.24, 2.45) is 0 Å². The molecule has 0 fully saturated rings. The van der Waals surface area contributed by atoms with Crippen LogP contribution in [0.15, 0.2) is 12.3 Å². The molecule has 0 unspecified atom stereocenters. The van der Waals surface area contributed by atoms with Crippen molar-refractivity contribution >= 4 is 28.6 Å². The molecule has 0 saturated carbocycles. The first-order valence-electron chi connectivity index (χ1n) is 6.72. The summed E-state index contributed by atoms with van der Waals surface area (Å²) >= 11 is 0. The number of carbonyl (C=O) groups excluding carboxylic acids is 1. The van der Waals surface area contributed by atoms with Crippen molar-refractivity contribution < 1.29 is 4.79 Å². The minimum absolute atomic E-state index is 0. The van der Waals surface area contributed by atoms with Gasteiger partial charge in [-0.25, -0.2) is 4.98 Å². The number of pyridine rings is 1. The molecule has 1 aromatic rings. The molecule has 1 rings (SSSR count). The Kier molecular flexibility index (Phi) is 5.97. The highest BCUT2D eigenvalue weighted by Gasteiger charge is 2.32. The van der Waals surface area contributed by atoms with Crippen LogP contribution in [0.25, 0.3) is 0 Å². The van der Waals surface area contributed by atoms with Gasteiger partial charge >= 0.3 is 0 Å². The topological polar surface area (TPSA) is 33.2 Å². The Morgan fingerprint density at radius 1 is 1.10 bits per heavy atom. The van der Waals surface area contributed by atoms with E-state index in [4.69, 9.17) is 0 Å². The zero-order valence-electron chi connectivity index (χ0n) is 13.9. The molecule has 3 nitrogen and oxygen atoms in total. The summed E-state index contributed by atoms with van der Waals surface area (Å²) < 4.78 is 0. The Labute approximate surface area is 133 Å². The van der Waals surface area contributed by atoms with Crippen molar-refractivity contribution in [3.05, 3.63) is 23.4 Å². The fourth-order valence-corrected chi connectivity index (χ4v) is 2.73. The predicted molar refractivity (Wildman–Crippen MR) is 91.3 cm³/mol. The summed E-state index contributed by atoms with van der Waals surface area (Å²) in [6, 6.07) is 2.01. The molecule has 0 radical (unpaired) electrons. The van der Waals surface area contributed by atoms with Crippen LogP contribution in [-0.2, 0) is 0 Å². The summed E-state index contributed by atoms with van der Waals surface area (Å²) in [7, 11) is 0. The Balaban J connectivity index is 0.00000361. The summed E-state index contributed by atoms with van der Waals surface area (Å²) in [5.41, 5.74) is 1.62. The molecule has 1 heterocycles. The molecule has 0 aliphatic carbocycles. The van der Waals surface area contributed by atoms with Gasteiger partial charge in [0.15, 0.2) is 5.78 Å². The zero-order chi connectivity index (χ0) is 15.0. The van der Waals surface area contributed by atoms with E-state index < -0.39 is 0 Å². The van der Waals surface area contributed by atoms with Gasteiger partial charge in [0.05, 0.1) is 0 Å². The van der Waals surface area contributed by atoms with E-state index in [2.05, 4.69) is 51.4 Å². The number of aromatic nitrogens is 1. The summed E-state index contributed by atoms with van der Waals surface area (Å²) in [5, 5.41) is 0. The molecule has 114 valence electrons. The summed E-state index contributed by atoms with van der Waals surface area (Å²) in [6.45, 7) is 16.6. The van der Waals surface area contributed by atoms with Crippen molar-refractivity contribution in [3.63, 3.8) is 0 Å². The van der Waals surface area contributed by atoms with Gasteiger partial charge in [-0.05, 0) is 67.0 Å². The Morgan fingerprint density at radius 3 is 1.85 bits per heavy atom. The molecule has 4 heteroatoms. The number of hydrogen-bond acceptors (Lipinski definition) is 3. The van der Waals surface area contributed by atoms with Crippen molar-refractivity contribution in [3.8, 4) is 0 Å². The van der Waals surface area contributed by atoms with Crippen LogP contribution in [0, 0.1) is 6.92 Å². The summed E-state index contributed by atoms with van der Waals surface area (Å²) in [5.74, 6) is 0.983. The maximum Gasteiger partial charge on any atom is 0.161 e. The number of halogens is 1. The van der Waals surface area contributed by atoms with Crippen LogP contribution in [0.4, 0.5) is 5.82 Å². The smallest absolute Gasteiger partial charge is 0.161 e. The maximum atomic E-state index is 11.5. The van der Waals surface area contributed by atoms with Crippen LogP contribution in [-0.4, -0.2) is 21.8 Å². The number of aryl methyl sites for hydroxylation is 1. The van der Waals surface area contributed by atoms with E-state index in [1.807, 2.05) is 13.0 Å². The number of ketones is 1. The Bertz CT molecular complexity index is 470. The average Bonchev–Trinajstić information content (AvgIpc) is 2.11. The van der Waals surface area contributed by atoms with Gasteiger partial charge in [0, 0.05) is 22.8 Å². The van der Waals surface area contributed by atoms with Crippen LogP contribution in [0.1, 0.15) is 64.4 Å². The van der Waals surface area contributed by atoms with Crippen LogP contribution < -0.4 is 4.90 Å². The second-order valence-corrected chi connectivity index (χ2v) is 7.09. The third kappa shape index (κ3) is 4.30. The van der Waals surface area contributed by atoms with Crippen molar-refractivity contribution in [2.45, 2.75) is 66.5 Å². The first kappa shape index (κ1) is 19.1. The standard InChI is InChI=1S/C16H26N2O.BrH/c1-11-9-14(17-10-13(11)12(2)19)18(15(3,4)5)16(6,7)8;/h9-10H,1-8H3;1H. The molecular weight excluding hydrogens is 316 g/mol. The monoisotopic (exact) mass is 342 g/mol. The van der Waals surface area contributed by atoms with Crippen molar-refractivity contribution in [1.82, 2.24) is 4.98 Å². The first-order valence-corrected chi connectivity index (χ1v) is 6.72. The fraction of sp³-hybridized carbons (Fsp3) is 0.625. The van der Waals surface area contributed by atoms with Gasteiger partial charge < -0.3 is 4.90 Å². The lowest BCUT2D eigenvalue weighted by atomic mass is 9.95. The van der Waals surface area contributed by atoms with Crippen LogP contribution in [0.3, 0.4) is 0 Å². The van der Waals surface area contributed by atoms with Gasteiger partial charge in [-0.3, -0.25) is 4.79 Å². The number of Topliss-reactive ketones (excluding diaryl/α,β-unsaturated/α-hetero) is 1. The van der Waals surface area contributed by atoms with Crippen LogP contribution >= 0.6 is 17.0 Å². The molecule has 0 spiro atoms. The molecule has 0 aliphatic rings. The van der Waals surface area contributed by atoms with Gasteiger partial charge in [-0.1, -0.05) is 0 Å². The number of nitrogens with zero attached hydrogens (tertiary/aromatic N) is 2. The normalized spacial score (nSPS) is 11.8. The highest BCUT2D eigenvalue weighted by atomic mass is 79.9. The Hall–Kier alpha value is -0.900. The minimum Gasteiger partial charge on any atom is -0.347 e. The van der Waals surface area contributed by atoms with E-state index in [0.29, 0.717) is 5.56 Å². The lowest BCUT2D eigenvalue weighted by Gasteiger charge is -2.46. The second-order valence-electron chi connectivity index (χ2n) is 7.09. The molecule has 0 bridgehead atoms. The highest BCUT2D eigenvalue weighted by molar-refractivity contribution is 8.93. The van der Waals surface area contributed by atoms with Crippen molar-refractivity contribution in [1.29, 1.82) is 0 Å². The number of rotatable bonds is 2. The predicted octanol–water partition coefficient (Wildman–Crippen LogP) is 4.57. The number of hydrogen-bond donors (Lipinski definition) is 0. The molecule has 0 aliphatic heterocycles. The molecule has 1 aromatic heterocycles. The van der Waals surface area contributed by atoms with E-state index >= 15 is 0 Å². The van der Waals surface area contributed by atoms with Gasteiger partial charge in [0.1, 0.15) is 5.82 Å². The third-order valence-electron chi connectivity index (χ3n) is 3.05. The first-order chi connectivity index (χ1) is 8.44. The summed E-state index contributed by atoms with van der Waals surface area (Å²) in [4.78, 5) is 18.3.